The number of hydrogen-bond acceptors (Lipinski definition) is 6. The van der Waals surface area contributed by atoms with Crippen LogP contribution >= 0.6 is 0 Å². The molecule has 0 aliphatic rings. The van der Waals surface area contributed by atoms with E-state index in [2.05, 4.69) is 5.10 Å². The number of hydrogen-bond donors (Lipinski definition) is 1. The van der Waals surface area contributed by atoms with Gasteiger partial charge in [0.15, 0.2) is 5.76 Å². The summed E-state index contributed by atoms with van der Waals surface area (Å²) >= 11 is 0. The van der Waals surface area contributed by atoms with Crippen LogP contribution in [0.4, 0.5) is 0 Å². The number of aromatic nitrogens is 2. The molecule has 0 fully saturated rings. The molecule has 1 amide bonds. The number of fused-ring (bicyclic) bond motifs is 1. The van der Waals surface area contributed by atoms with Crippen LogP contribution in [0.5, 0.6) is 0 Å². The van der Waals surface area contributed by atoms with Gasteiger partial charge in [-0.2, -0.15) is 5.10 Å². The van der Waals surface area contributed by atoms with Crippen molar-refractivity contribution in [3.63, 3.8) is 0 Å². The van der Waals surface area contributed by atoms with E-state index in [1.165, 1.54) is 48.7 Å². The SMILES string of the molecule is NC(=O)c1ccc(Cn2ncc3cc(S(=O)(=O)c4ccccc4)ccc3c2=O)o1. The molecule has 2 N–H and O–H groups in total. The average Bonchev–Trinajstić information content (AvgIpc) is 3.19. The molecule has 0 bridgehead atoms. The predicted octanol–water partition coefficient (Wildman–Crippen LogP) is 1.97. The molecule has 0 spiro atoms. The summed E-state index contributed by atoms with van der Waals surface area (Å²) in [6.45, 7) is 0.00607. The monoisotopic (exact) mass is 409 g/mol. The zero-order valence-electron chi connectivity index (χ0n) is 15.0. The van der Waals surface area contributed by atoms with Gasteiger partial charge in [-0.25, -0.2) is 13.1 Å². The Balaban J connectivity index is 1.72. The number of amides is 1. The van der Waals surface area contributed by atoms with Crippen molar-refractivity contribution in [2.24, 2.45) is 5.73 Å². The largest absolute Gasteiger partial charge is 0.454 e. The highest BCUT2D eigenvalue weighted by atomic mass is 32.2. The van der Waals surface area contributed by atoms with Gasteiger partial charge < -0.3 is 10.2 Å². The van der Waals surface area contributed by atoms with Gasteiger partial charge in [-0.3, -0.25) is 9.59 Å². The smallest absolute Gasteiger partial charge is 0.284 e. The molecule has 2 aromatic heterocycles. The fourth-order valence-electron chi connectivity index (χ4n) is 2.92. The lowest BCUT2D eigenvalue weighted by Gasteiger charge is -2.07. The molecule has 29 heavy (non-hydrogen) atoms. The van der Waals surface area contributed by atoms with E-state index in [4.69, 9.17) is 10.2 Å². The Hall–Kier alpha value is -3.72. The minimum atomic E-state index is -3.70. The lowest BCUT2D eigenvalue weighted by Crippen LogP contribution is -2.23. The summed E-state index contributed by atoms with van der Waals surface area (Å²) in [5.41, 5.74) is 4.74. The third kappa shape index (κ3) is 3.43. The number of carbonyl (C=O) groups excluding carboxylic acids is 1. The highest BCUT2D eigenvalue weighted by Gasteiger charge is 2.18. The molecule has 146 valence electrons. The highest BCUT2D eigenvalue weighted by Crippen LogP contribution is 2.23. The summed E-state index contributed by atoms with van der Waals surface area (Å²) in [5.74, 6) is -0.372. The topological polar surface area (TPSA) is 125 Å². The van der Waals surface area contributed by atoms with E-state index < -0.39 is 21.3 Å². The van der Waals surface area contributed by atoms with E-state index in [1.54, 1.807) is 18.2 Å². The van der Waals surface area contributed by atoms with Crippen LogP contribution < -0.4 is 11.3 Å². The second-order valence-electron chi connectivity index (χ2n) is 6.30. The van der Waals surface area contributed by atoms with Crippen LogP contribution in [-0.4, -0.2) is 24.1 Å². The van der Waals surface area contributed by atoms with E-state index in [9.17, 15) is 18.0 Å². The van der Waals surface area contributed by atoms with E-state index >= 15 is 0 Å². The van der Waals surface area contributed by atoms with Crippen LogP contribution in [0.1, 0.15) is 16.3 Å². The predicted molar refractivity (Wildman–Crippen MR) is 104 cm³/mol. The van der Waals surface area contributed by atoms with Crippen LogP contribution in [0, 0.1) is 0 Å². The Kier molecular flexibility index (Phi) is 4.51. The summed E-state index contributed by atoms with van der Waals surface area (Å²) in [7, 11) is -3.70. The van der Waals surface area contributed by atoms with Gasteiger partial charge in [0.2, 0.25) is 9.84 Å². The maximum absolute atomic E-state index is 12.8. The maximum atomic E-state index is 12.8. The molecule has 0 aliphatic carbocycles. The average molecular weight is 409 g/mol. The number of furan rings is 1. The molecule has 2 aromatic carbocycles. The molecular weight excluding hydrogens is 394 g/mol. The Morgan fingerprint density at radius 3 is 2.48 bits per heavy atom. The molecular formula is C20H15N3O5S. The first-order valence-electron chi connectivity index (χ1n) is 8.55. The van der Waals surface area contributed by atoms with Crippen molar-refractivity contribution in [3.05, 3.63) is 88.7 Å². The van der Waals surface area contributed by atoms with E-state index in [0.717, 1.165) is 4.68 Å². The molecule has 0 saturated heterocycles. The number of sulfone groups is 1. The van der Waals surface area contributed by atoms with Gasteiger partial charge >= 0.3 is 0 Å². The summed E-state index contributed by atoms with van der Waals surface area (Å²) in [4.78, 5) is 24.1. The van der Waals surface area contributed by atoms with E-state index in [0.29, 0.717) is 16.5 Å². The van der Waals surface area contributed by atoms with E-state index in [1.807, 2.05) is 0 Å². The van der Waals surface area contributed by atoms with Crippen LogP contribution in [0.25, 0.3) is 10.8 Å². The highest BCUT2D eigenvalue weighted by molar-refractivity contribution is 7.91. The molecule has 9 heteroatoms. The zero-order chi connectivity index (χ0) is 20.6. The van der Waals surface area contributed by atoms with Gasteiger partial charge in [0.05, 0.1) is 21.4 Å². The Morgan fingerprint density at radius 2 is 1.79 bits per heavy atom. The summed E-state index contributed by atoms with van der Waals surface area (Å²) in [6.07, 6.45) is 1.42. The molecule has 0 saturated carbocycles. The van der Waals surface area contributed by atoms with Crippen molar-refractivity contribution in [1.29, 1.82) is 0 Å². The fourth-order valence-corrected chi connectivity index (χ4v) is 4.24. The van der Waals surface area contributed by atoms with Crippen LogP contribution in [0.3, 0.4) is 0 Å². The molecule has 2 heterocycles. The minimum Gasteiger partial charge on any atom is -0.454 e. The maximum Gasteiger partial charge on any atom is 0.284 e. The number of rotatable bonds is 5. The summed E-state index contributed by atoms with van der Waals surface area (Å²) in [6, 6.07) is 15.3. The van der Waals surface area contributed by atoms with Crippen LogP contribution in [0.2, 0.25) is 0 Å². The Bertz CT molecular complexity index is 1390. The van der Waals surface area contributed by atoms with Gasteiger partial charge in [0, 0.05) is 5.39 Å². The normalized spacial score (nSPS) is 11.6. The number of carbonyl (C=O) groups is 1. The molecule has 0 atom stereocenters. The number of primary amides is 1. The van der Waals surface area contributed by atoms with Crippen molar-refractivity contribution in [2.75, 3.05) is 0 Å². The summed E-state index contributed by atoms with van der Waals surface area (Å²) < 4.78 is 32.0. The third-order valence-corrected chi connectivity index (χ3v) is 6.17. The Morgan fingerprint density at radius 1 is 1.03 bits per heavy atom. The molecule has 4 rings (SSSR count). The van der Waals surface area contributed by atoms with Crippen molar-refractivity contribution in [2.45, 2.75) is 16.3 Å². The second-order valence-corrected chi connectivity index (χ2v) is 8.25. The first-order chi connectivity index (χ1) is 13.9. The fraction of sp³-hybridized carbons (Fsp3) is 0.0500. The van der Waals surface area contributed by atoms with Gasteiger partial charge in [-0.05, 0) is 42.5 Å². The quantitative estimate of drug-likeness (QED) is 0.537. The molecule has 0 aliphatic heterocycles. The second kappa shape index (κ2) is 7.02. The summed E-state index contributed by atoms with van der Waals surface area (Å²) in [5, 5.41) is 4.80. The van der Waals surface area contributed by atoms with Gasteiger partial charge in [-0.1, -0.05) is 18.2 Å². The standard InChI is InChI=1S/C20H15N3O5S/c21-19(24)18-9-6-14(28-18)12-23-20(25)17-8-7-16(10-13(17)11-22-23)29(26,27)15-4-2-1-3-5-15/h1-11H,12H2,(H2,21,24). The van der Waals surface area contributed by atoms with Crippen LogP contribution in [0.15, 0.2) is 85.9 Å². The number of nitrogens with zero attached hydrogens (tertiary/aromatic N) is 2. The van der Waals surface area contributed by atoms with Crippen LogP contribution in [-0.2, 0) is 16.4 Å². The lowest BCUT2D eigenvalue weighted by atomic mass is 10.2. The number of benzene rings is 2. The first-order valence-corrected chi connectivity index (χ1v) is 10.0. The minimum absolute atomic E-state index is 0.00607. The van der Waals surface area contributed by atoms with Gasteiger partial charge in [0.1, 0.15) is 12.3 Å². The Labute approximate surface area is 165 Å². The van der Waals surface area contributed by atoms with Crippen molar-refractivity contribution < 1.29 is 17.6 Å². The number of nitrogens with two attached hydrogens (primary N) is 1. The van der Waals surface area contributed by atoms with E-state index in [-0.39, 0.29) is 22.1 Å². The van der Waals surface area contributed by atoms with Gasteiger partial charge in [0.25, 0.3) is 11.5 Å². The molecule has 0 unspecified atom stereocenters. The van der Waals surface area contributed by atoms with Crippen molar-refractivity contribution in [3.8, 4) is 0 Å². The first kappa shape index (κ1) is 18.6. The molecule has 4 aromatic rings. The molecule has 8 nitrogen and oxygen atoms in total. The van der Waals surface area contributed by atoms with Gasteiger partial charge in [-0.15, -0.1) is 0 Å². The lowest BCUT2D eigenvalue weighted by molar-refractivity contribution is 0.0972. The van der Waals surface area contributed by atoms with Crippen molar-refractivity contribution in [1.82, 2.24) is 9.78 Å². The molecule has 0 radical (unpaired) electrons. The van der Waals surface area contributed by atoms with Crippen molar-refractivity contribution >= 4 is 26.5 Å². The zero-order valence-corrected chi connectivity index (χ0v) is 15.8. The third-order valence-electron chi connectivity index (χ3n) is 4.40.